The quantitative estimate of drug-likeness (QED) is 0.257. The molecule has 1 aliphatic heterocycles. The fourth-order valence-corrected chi connectivity index (χ4v) is 4.43. The predicted molar refractivity (Wildman–Crippen MR) is 146 cm³/mol. The number of rotatable bonds is 7. The monoisotopic (exact) mass is 562 g/mol. The van der Waals surface area contributed by atoms with E-state index in [9.17, 15) is 4.79 Å². The Balaban J connectivity index is 1.69. The highest BCUT2D eigenvalue weighted by Crippen LogP contribution is 2.37. The largest absolute Gasteiger partial charge is 0.493 e. The van der Waals surface area contributed by atoms with Gasteiger partial charge in [-0.3, -0.25) is 0 Å². The average Bonchev–Trinajstić information content (AvgIpc) is 2.88. The molecule has 0 radical (unpaired) electrons. The minimum Gasteiger partial charge on any atom is -0.493 e. The molecule has 3 aromatic rings. The summed E-state index contributed by atoms with van der Waals surface area (Å²) in [5.74, 6) is 0.493. The first-order valence-electron chi connectivity index (χ1n) is 10.7. The molecule has 0 unspecified atom stereocenters. The normalized spacial score (nSPS) is 15.1. The number of hydrogen-bond donors (Lipinski definition) is 2. The van der Waals surface area contributed by atoms with Crippen molar-refractivity contribution in [3.05, 3.63) is 98.0 Å². The zero-order valence-corrected chi connectivity index (χ0v) is 22.3. The van der Waals surface area contributed by atoms with Crippen LogP contribution in [0.2, 0.25) is 15.1 Å². The fourth-order valence-electron chi connectivity index (χ4n) is 3.76. The number of methoxy groups -OCH3 is 2. The van der Waals surface area contributed by atoms with Crippen molar-refractivity contribution in [3.8, 4) is 11.5 Å². The van der Waals surface area contributed by atoms with E-state index in [-0.39, 0.29) is 6.61 Å². The summed E-state index contributed by atoms with van der Waals surface area (Å²) in [7, 11) is 2.88. The number of carbonyl (C=O) groups excluding carboxylic acids is 1. The molecule has 0 amide bonds. The summed E-state index contributed by atoms with van der Waals surface area (Å²) in [6.07, 6.45) is 0. The van der Waals surface area contributed by atoms with Gasteiger partial charge in [-0.25, -0.2) is 4.79 Å². The van der Waals surface area contributed by atoms with Gasteiger partial charge in [0.15, 0.2) is 16.6 Å². The zero-order valence-electron chi connectivity index (χ0n) is 19.2. The minimum atomic E-state index is -0.602. The van der Waals surface area contributed by atoms with Gasteiger partial charge in [-0.2, -0.15) is 0 Å². The molecule has 0 bridgehead atoms. The van der Waals surface area contributed by atoms with Crippen molar-refractivity contribution in [3.63, 3.8) is 0 Å². The molecule has 0 saturated heterocycles. The van der Waals surface area contributed by atoms with E-state index >= 15 is 0 Å². The first-order valence-corrected chi connectivity index (χ1v) is 12.3. The third kappa shape index (κ3) is 5.71. The molecule has 0 spiro atoms. The maximum atomic E-state index is 12.9. The lowest BCUT2D eigenvalue weighted by Crippen LogP contribution is -2.45. The van der Waals surface area contributed by atoms with Crippen LogP contribution in [0.5, 0.6) is 11.5 Å². The van der Waals surface area contributed by atoms with Crippen molar-refractivity contribution < 1.29 is 19.0 Å². The molecule has 10 heteroatoms. The lowest BCUT2D eigenvalue weighted by atomic mass is 9.92. The van der Waals surface area contributed by atoms with Gasteiger partial charge in [0.05, 0.1) is 41.6 Å². The van der Waals surface area contributed by atoms with Gasteiger partial charge in [-0.1, -0.05) is 59.1 Å². The Kier molecular flexibility index (Phi) is 8.26. The summed E-state index contributed by atoms with van der Waals surface area (Å²) in [5, 5.41) is 8.11. The Labute approximate surface area is 229 Å². The summed E-state index contributed by atoms with van der Waals surface area (Å²) in [6.45, 7) is 0.260. The summed E-state index contributed by atoms with van der Waals surface area (Å²) < 4.78 is 16.7. The molecular weight excluding hydrogens is 543 g/mol. The molecule has 2 N–H and O–H groups in total. The number of ether oxygens (including phenoxy) is 3. The summed E-state index contributed by atoms with van der Waals surface area (Å²) >= 11 is 23.6. The van der Waals surface area contributed by atoms with Gasteiger partial charge >= 0.3 is 5.97 Å². The van der Waals surface area contributed by atoms with Crippen molar-refractivity contribution in [1.29, 1.82) is 0 Å². The van der Waals surface area contributed by atoms with E-state index in [4.69, 9.17) is 61.2 Å². The Morgan fingerprint density at radius 1 is 0.944 bits per heavy atom. The van der Waals surface area contributed by atoms with Crippen LogP contribution < -0.4 is 20.1 Å². The average molecular weight is 564 g/mol. The van der Waals surface area contributed by atoms with Crippen LogP contribution in [0.3, 0.4) is 0 Å². The number of benzene rings is 3. The van der Waals surface area contributed by atoms with Crippen LogP contribution >= 0.6 is 47.0 Å². The fraction of sp³-hybridized carbons (Fsp3) is 0.154. The van der Waals surface area contributed by atoms with Gasteiger partial charge in [-0.05, 0) is 65.3 Å². The van der Waals surface area contributed by atoms with E-state index in [2.05, 4.69) is 10.6 Å². The third-order valence-corrected chi connectivity index (χ3v) is 6.72. The van der Waals surface area contributed by atoms with Gasteiger partial charge in [-0.15, -0.1) is 0 Å². The topological polar surface area (TPSA) is 68.8 Å². The Morgan fingerprint density at radius 3 is 2.36 bits per heavy atom. The summed E-state index contributed by atoms with van der Waals surface area (Å²) in [6, 6.07) is 17.2. The van der Waals surface area contributed by atoms with E-state index in [1.165, 1.54) is 7.11 Å². The number of esters is 1. The number of hydrogen-bond acceptors (Lipinski definition) is 5. The molecule has 1 atom stereocenters. The Hall–Kier alpha value is -2.97. The van der Waals surface area contributed by atoms with Crippen LogP contribution in [0.4, 0.5) is 0 Å². The van der Waals surface area contributed by atoms with Crippen LogP contribution in [0.1, 0.15) is 22.7 Å². The van der Waals surface area contributed by atoms with Crippen molar-refractivity contribution in [2.75, 3.05) is 14.2 Å². The number of halogens is 3. The second kappa shape index (κ2) is 11.4. The maximum Gasteiger partial charge on any atom is 0.338 e. The molecule has 6 nitrogen and oxygen atoms in total. The number of carbonyl (C=O) groups is 1. The second-order valence-electron chi connectivity index (χ2n) is 7.77. The van der Waals surface area contributed by atoms with Crippen LogP contribution in [-0.2, 0) is 16.1 Å². The highest BCUT2D eigenvalue weighted by molar-refractivity contribution is 7.80. The molecule has 36 heavy (non-hydrogen) atoms. The first-order chi connectivity index (χ1) is 17.3. The highest BCUT2D eigenvalue weighted by Gasteiger charge is 2.33. The van der Waals surface area contributed by atoms with E-state index in [0.717, 1.165) is 16.7 Å². The highest BCUT2D eigenvalue weighted by atomic mass is 35.5. The summed E-state index contributed by atoms with van der Waals surface area (Å²) in [4.78, 5) is 12.9. The zero-order chi connectivity index (χ0) is 25.8. The molecular formula is C26H21Cl3N2O4S. The molecule has 1 aliphatic rings. The number of nitrogens with one attached hydrogen (secondary N) is 2. The van der Waals surface area contributed by atoms with Gasteiger partial charge in [0.2, 0.25) is 0 Å². The lowest BCUT2D eigenvalue weighted by Gasteiger charge is -2.31. The maximum absolute atomic E-state index is 12.9. The van der Waals surface area contributed by atoms with Crippen LogP contribution in [-0.4, -0.2) is 25.3 Å². The Morgan fingerprint density at radius 2 is 1.69 bits per heavy atom. The van der Waals surface area contributed by atoms with E-state index < -0.39 is 12.0 Å². The molecule has 0 fully saturated rings. The molecule has 3 aromatic carbocycles. The smallest absolute Gasteiger partial charge is 0.338 e. The molecule has 1 heterocycles. The van der Waals surface area contributed by atoms with Crippen molar-refractivity contribution in [1.82, 2.24) is 10.6 Å². The standard InChI is InChI=1S/C26H21Cl3N2O4S/c1-33-21-12-16(6-10-20(21)35-13-14-3-9-18(28)19(29)11-14)24-22(25(32)34-2)23(30-26(36)31-24)15-4-7-17(27)8-5-15/h3-12,24H,13H2,1-2H3,(H2,30,31,36)/t24-/m1/s1. The van der Waals surface area contributed by atoms with Gasteiger partial charge in [0.1, 0.15) is 6.61 Å². The van der Waals surface area contributed by atoms with E-state index in [0.29, 0.717) is 42.9 Å². The molecule has 0 saturated carbocycles. The van der Waals surface area contributed by atoms with Crippen LogP contribution in [0, 0.1) is 0 Å². The van der Waals surface area contributed by atoms with Crippen molar-refractivity contribution in [2.45, 2.75) is 12.6 Å². The number of thiocarbonyl (C=S) groups is 1. The SMILES string of the molecule is COC(=O)C1=C(c2ccc(Cl)cc2)NC(=S)N[C@@H]1c1ccc(OCc2ccc(Cl)c(Cl)c2)c(OC)c1. The predicted octanol–water partition coefficient (Wildman–Crippen LogP) is 6.34. The summed E-state index contributed by atoms with van der Waals surface area (Å²) in [5.41, 5.74) is 3.21. The molecule has 0 aromatic heterocycles. The third-order valence-electron chi connectivity index (χ3n) is 5.51. The first kappa shape index (κ1) is 26.1. The van der Waals surface area contributed by atoms with E-state index in [1.807, 2.05) is 12.1 Å². The van der Waals surface area contributed by atoms with Crippen molar-refractivity contribution in [2.24, 2.45) is 0 Å². The molecule has 186 valence electrons. The minimum absolute atomic E-state index is 0.260. The molecule has 4 rings (SSSR count). The van der Waals surface area contributed by atoms with Crippen LogP contribution in [0.15, 0.2) is 66.2 Å². The van der Waals surface area contributed by atoms with Crippen molar-refractivity contribution >= 4 is 63.8 Å². The van der Waals surface area contributed by atoms with E-state index in [1.54, 1.807) is 55.6 Å². The molecule has 0 aliphatic carbocycles. The Bertz CT molecular complexity index is 1350. The van der Waals surface area contributed by atoms with Crippen LogP contribution in [0.25, 0.3) is 5.70 Å². The van der Waals surface area contributed by atoms with Gasteiger partial charge in [0, 0.05) is 5.02 Å². The van der Waals surface area contributed by atoms with Gasteiger partial charge in [0.25, 0.3) is 0 Å². The second-order valence-corrected chi connectivity index (χ2v) is 9.43. The lowest BCUT2D eigenvalue weighted by molar-refractivity contribution is -0.136. The van der Waals surface area contributed by atoms with Gasteiger partial charge < -0.3 is 24.8 Å².